The van der Waals surface area contributed by atoms with Crippen LogP contribution < -0.4 is 5.32 Å². The molecule has 0 aromatic rings. The average Bonchev–Trinajstić information content (AvgIpc) is 2.38. The van der Waals surface area contributed by atoms with Gasteiger partial charge in [-0.05, 0) is 40.5 Å². The molecule has 5 heteroatoms. The fourth-order valence-corrected chi connectivity index (χ4v) is 3.89. The second-order valence-corrected chi connectivity index (χ2v) is 10.5. The molecule has 1 N–H and O–H groups in total. The van der Waals surface area contributed by atoms with E-state index in [1.165, 1.54) is 0 Å². The van der Waals surface area contributed by atoms with E-state index in [2.05, 4.69) is 31.0 Å². The summed E-state index contributed by atoms with van der Waals surface area (Å²) in [6.45, 7) is 14.5. The first-order valence-electron chi connectivity index (χ1n) is 8.26. The zero-order chi connectivity index (χ0) is 16.3. The van der Waals surface area contributed by atoms with Crippen molar-refractivity contribution in [3.8, 4) is 0 Å². The molecule has 126 valence electrons. The molecule has 0 amide bonds. The second-order valence-electron chi connectivity index (χ2n) is 7.59. The molecule has 21 heavy (non-hydrogen) atoms. The molecular weight excluding hydrogens is 284 g/mol. The van der Waals surface area contributed by atoms with Crippen molar-refractivity contribution in [3.63, 3.8) is 0 Å². The minimum atomic E-state index is -3.05. The molecule has 1 aliphatic rings. The lowest BCUT2D eigenvalue weighted by Gasteiger charge is -2.48. The molecule has 1 rings (SSSR count). The van der Waals surface area contributed by atoms with Crippen molar-refractivity contribution in [1.82, 2.24) is 10.2 Å². The Morgan fingerprint density at radius 3 is 2.38 bits per heavy atom. The lowest BCUT2D eigenvalue weighted by molar-refractivity contribution is 0.0528. The number of sulfone groups is 1. The summed E-state index contributed by atoms with van der Waals surface area (Å²) in [5.74, 6) is 0.255. The molecule has 1 aliphatic heterocycles. The van der Waals surface area contributed by atoms with Gasteiger partial charge in [-0.15, -0.1) is 0 Å². The van der Waals surface area contributed by atoms with E-state index in [1.807, 2.05) is 0 Å². The number of nitrogens with zero attached hydrogens (tertiary/aromatic N) is 1. The van der Waals surface area contributed by atoms with Gasteiger partial charge in [-0.25, -0.2) is 8.42 Å². The summed E-state index contributed by atoms with van der Waals surface area (Å²) in [5, 5.41) is 3.63. The third-order valence-corrected chi connectivity index (χ3v) is 7.52. The molecule has 0 aromatic carbocycles. The maximum Gasteiger partial charge on any atom is 0.156 e. The van der Waals surface area contributed by atoms with Gasteiger partial charge in [-0.1, -0.05) is 20.3 Å². The molecule has 1 saturated heterocycles. The van der Waals surface area contributed by atoms with Gasteiger partial charge >= 0.3 is 0 Å². The van der Waals surface area contributed by atoms with E-state index in [0.29, 0.717) is 12.6 Å². The Morgan fingerprint density at radius 1 is 1.29 bits per heavy atom. The molecule has 1 heterocycles. The second kappa shape index (κ2) is 6.97. The van der Waals surface area contributed by atoms with Crippen LogP contribution in [0, 0.1) is 0 Å². The van der Waals surface area contributed by atoms with Crippen molar-refractivity contribution >= 4 is 9.84 Å². The molecule has 0 saturated carbocycles. The summed E-state index contributed by atoms with van der Waals surface area (Å²) in [6.07, 6.45) is 3.35. The van der Waals surface area contributed by atoms with Crippen molar-refractivity contribution < 1.29 is 8.42 Å². The SMILES string of the molecule is CCCC1CN(CCS(=O)(=O)C(C)(C)C)C(C)(CC)CN1. The number of piperazine rings is 1. The highest BCUT2D eigenvalue weighted by Crippen LogP contribution is 2.25. The number of hydrogen-bond donors (Lipinski definition) is 1. The van der Waals surface area contributed by atoms with Crippen LogP contribution in [-0.4, -0.2) is 55.0 Å². The summed E-state index contributed by atoms with van der Waals surface area (Å²) in [5.41, 5.74) is 0.0671. The fourth-order valence-electron chi connectivity index (χ4n) is 2.82. The molecule has 0 radical (unpaired) electrons. The highest BCUT2D eigenvalue weighted by atomic mass is 32.2. The molecule has 2 unspecified atom stereocenters. The molecule has 0 aliphatic carbocycles. The van der Waals surface area contributed by atoms with E-state index >= 15 is 0 Å². The third-order valence-electron chi connectivity index (χ3n) is 4.94. The normalized spacial score (nSPS) is 28.8. The zero-order valence-electron chi connectivity index (χ0n) is 14.7. The van der Waals surface area contributed by atoms with Gasteiger partial charge in [-0.2, -0.15) is 0 Å². The Bertz CT molecular complexity index is 428. The Morgan fingerprint density at radius 2 is 1.90 bits per heavy atom. The van der Waals surface area contributed by atoms with E-state index in [9.17, 15) is 8.42 Å². The summed E-state index contributed by atoms with van der Waals surface area (Å²) in [7, 11) is -3.05. The van der Waals surface area contributed by atoms with Crippen LogP contribution in [0.25, 0.3) is 0 Å². The zero-order valence-corrected chi connectivity index (χ0v) is 15.5. The first-order valence-corrected chi connectivity index (χ1v) is 9.91. The summed E-state index contributed by atoms with van der Waals surface area (Å²) < 4.78 is 24.1. The Kier molecular flexibility index (Phi) is 6.28. The van der Waals surface area contributed by atoms with Crippen molar-refractivity contribution in [2.45, 2.75) is 77.1 Å². The molecule has 2 atom stereocenters. The van der Waals surface area contributed by atoms with Gasteiger partial charge in [0.2, 0.25) is 0 Å². The quantitative estimate of drug-likeness (QED) is 0.817. The van der Waals surface area contributed by atoms with Crippen LogP contribution in [0.1, 0.15) is 60.8 Å². The largest absolute Gasteiger partial charge is 0.311 e. The summed E-state index contributed by atoms with van der Waals surface area (Å²) in [6, 6.07) is 0.493. The minimum absolute atomic E-state index is 0.0671. The molecule has 1 fully saturated rings. The predicted octanol–water partition coefficient (Wildman–Crippen LogP) is 2.44. The van der Waals surface area contributed by atoms with Crippen LogP contribution in [0.15, 0.2) is 0 Å². The van der Waals surface area contributed by atoms with Crippen LogP contribution in [0.4, 0.5) is 0 Å². The Balaban J connectivity index is 2.76. The number of nitrogens with one attached hydrogen (secondary N) is 1. The van der Waals surface area contributed by atoms with Crippen molar-refractivity contribution in [2.24, 2.45) is 0 Å². The van der Waals surface area contributed by atoms with E-state index < -0.39 is 14.6 Å². The topological polar surface area (TPSA) is 49.4 Å². The molecule has 0 aromatic heterocycles. The maximum absolute atomic E-state index is 12.4. The van der Waals surface area contributed by atoms with Crippen molar-refractivity contribution in [1.29, 1.82) is 0 Å². The van der Waals surface area contributed by atoms with Crippen LogP contribution in [0.2, 0.25) is 0 Å². The highest BCUT2D eigenvalue weighted by molar-refractivity contribution is 7.92. The minimum Gasteiger partial charge on any atom is -0.311 e. The van der Waals surface area contributed by atoms with Gasteiger partial charge < -0.3 is 5.32 Å². The first kappa shape index (κ1) is 18.9. The van der Waals surface area contributed by atoms with Crippen LogP contribution in [-0.2, 0) is 9.84 Å². The standard InChI is InChI=1S/C16H34N2O2S/c1-7-9-14-12-18(16(6,8-2)13-17-14)10-11-21(19,20)15(3,4)5/h14,17H,7-13H2,1-6H3. The summed E-state index contributed by atoms with van der Waals surface area (Å²) in [4.78, 5) is 2.40. The monoisotopic (exact) mass is 318 g/mol. The van der Waals surface area contributed by atoms with Gasteiger partial charge in [0.1, 0.15) is 0 Å². The average molecular weight is 319 g/mol. The number of hydrogen-bond acceptors (Lipinski definition) is 4. The Labute approximate surface area is 131 Å². The van der Waals surface area contributed by atoms with Crippen LogP contribution in [0.3, 0.4) is 0 Å². The van der Waals surface area contributed by atoms with E-state index in [4.69, 9.17) is 0 Å². The molecule has 0 bridgehead atoms. The van der Waals surface area contributed by atoms with Crippen LogP contribution in [0.5, 0.6) is 0 Å². The Hall–Kier alpha value is -0.130. The van der Waals surface area contributed by atoms with Gasteiger partial charge in [0, 0.05) is 31.2 Å². The third kappa shape index (κ3) is 4.67. The van der Waals surface area contributed by atoms with E-state index in [1.54, 1.807) is 20.8 Å². The van der Waals surface area contributed by atoms with Gasteiger partial charge in [0.15, 0.2) is 9.84 Å². The lowest BCUT2D eigenvalue weighted by atomic mass is 9.91. The predicted molar refractivity (Wildman–Crippen MR) is 90.5 cm³/mol. The molecular formula is C16H34N2O2S. The fraction of sp³-hybridized carbons (Fsp3) is 1.00. The van der Waals surface area contributed by atoms with Crippen molar-refractivity contribution in [2.75, 3.05) is 25.4 Å². The summed E-state index contributed by atoms with van der Waals surface area (Å²) >= 11 is 0. The van der Waals surface area contributed by atoms with Gasteiger partial charge in [0.25, 0.3) is 0 Å². The molecule has 4 nitrogen and oxygen atoms in total. The van der Waals surface area contributed by atoms with Gasteiger partial charge in [-0.3, -0.25) is 4.90 Å². The van der Waals surface area contributed by atoms with E-state index in [0.717, 1.165) is 32.4 Å². The lowest BCUT2D eigenvalue weighted by Crippen LogP contribution is -2.63. The highest BCUT2D eigenvalue weighted by Gasteiger charge is 2.37. The number of rotatable bonds is 6. The van der Waals surface area contributed by atoms with Crippen LogP contribution >= 0.6 is 0 Å². The maximum atomic E-state index is 12.4. The van der Waals surface area contributed by atoms with E-state index in [-0.39, 0.29) is 11.3 Å². The molecule has 0 spiro atoms. The van der Waals surface area contributed by atoms with Crippen molar-refractivity contribution in [3.05, 3.63) is 0 Å². The first-order chi connectivity index (χ1) is 9.55. The smallest absolute Gasteiger partial charge is 0.156 e. The van der Waals surface area contributed by atoms with Gasteiger partial charge in [0.05, 0.1) is 10.5 Å².